The summed E-state index contributed by atoms with van der Waals surface area (Å²) in [6.07, 6.45) is 2.72. The summed E-state index contributed by atoms with van der Waals surface area (Å²) in [4.78, 5) is 24.6. The number of rotatable bonds is 7. The van der Waals surface area contributed by atoms with Gasteiger partial charge in [-0.25, -0.2) is 0 Å². The number of carbonyl (C=O) groups excluding carboxylic acids is 2. The highest BCUT2D eigenvalue weighted by atomic mass is 16.3. The fraction of sp³-hybridized carbons (Fsp3) is 0.400. The number of hydrogen-bond acceptors (Lipinski definition) is 3. The van der Waals surface area contributed by atoms with Crippen LogP contribution in [0.1, 0.15) is 71.3 Å². The van der Waals surface area contributed by atoms with Crippen LogP contribution in [0.25, 0.3) is 0 Å². The minimum absolute atomic E-state index is 0.0854. The molecular weight excluding hydrogens is 302 g/mol. The molecule has 1 N–H and O–H groups in total. The van der Waals surface area contributed by atoms with Gasteiger partial charge in [0.05, 0.1) is 5.56 Å². The van der Waals surface area contributed by atoms with Gasteiger partial charge in [0.15, 0.2) is 11.5 Å². The van der Waals surface area contributed by atoms with E-state index < -0.39 is 0 Å². The van der Waals surface area contributed by atoms with Crippen LogP contribution < -0.4 is 5.32 Å². The highest BCUT2D eigenvalue weighted by Crippen LogP contribution is 2.31. The lowest BCUT2D eigenvalue weighted by molar-refractivity contribution is 0.0943. The third-order valence-electron chi connectivity index (χ3n) is 4.54. The highest BCUT2D eigenvalue weighted by Gasteiger charge is 2.27. The van der Waals surface area contributed by atoms with Crippen molar-refractivity contribution < 1.29 is 14.0 Å². The molecule has 4 heteroatoms. The van der Waals surface area contributed by atoms with Crippen LogP contribution in [0.4, 0.5) is 0 Å². The van der Waals surface area contributed by atoms with E-state index in [0.29, 0.717) is 30.2 Å². The molecule has 1 heterocycles. The molecule has 0 bridgehead atoms. The van der Waals surface area contributed by atoms with Crippen LogP contribution in [0.15, 0.2) is 40.8 Å². The zero-order valence-electron chi connectivity index (χ0n) is 14.2. The van der Waals surface area contributed by atoms with E-state index in [-0.39, 0.29) is 23.4 Å². The minimum Gasteiger partial charge on any atom is -0.456 e. The Hall–Kier alpha value is -2.36. The Kier molecular flexibility index (Phi) is 4.84. The highest BCUT2D eigenvalue weighted by molar-refractivity contribution is 6.00. The molecule has 1 amide bonds. The summed E-state index contributed by atoms with van der Waals surface area (Å²) < 4.78 is 5.82. The zero-order chi connectivity index (χ0) is 17.1. The van der Waals surface area contributed by atoms with Gasteiger partial charge in [0.25, 0.3) is 5.91 Å². The van der Waals surface area contributed by atoms with Crippen molar-refractivity contribution in [3.63, 3.8) is 0 Å². The fourth-order valence-electron chi connectivity index (χ4n) is 2.76. The maximum atomic E-state index is 12.6. The Morgan fingerprint density at radius 2 is 1.96 bits per heavy atom. The van der Waals surface area contributed by atoms with Crippen LogP contribution >= 0.6 is 0 Å². The molecule has 24 heavy (non-hydrogen) atoms. The zero-order valence-corrected chi connectivity index (χ0v) is 14.2. The topological polar surface area (TPSA) is 59.3 Å². The number of benzene rings is 1. The second kappa shape index (κ2) is 7.04. The van der Waals surface area contributed by atoms with Crippen LogP contribution in [0.3, 0.4) is 0 Å². The summed E-state index contributed by atoms with van der Waals surface area (Å²) in [5.41, 5.74) is 1.53. The number of nitrogens with one attached hydrogen (secondary N) is 1. The molecule has 0 aliphatic heterocycles. The normalized spacial score (nSPS) is 15.1. The van der Waals surface area contributed by atoms with E-state index in [1.165, 1.54) is 12.8 Å². The third kappa shape index (κ3) is 3.58. The van der Waals surface area contributed by atoms with Crippen molar-refractivity contribution in [2.24, 2.45) is 5.92 Å². The summed E-state index contributed by atoms with van der Waals surface area (Å²) in [6.45, 7) is 4.48. The first-order valence-electron chi connectivity index (χ1n) is 8.60. The smallest absolute Gasteiger partial charge is 0.254 e. The van der Waals surface area contributed by atoms with Crippen LogP contribution in [0.2, 0.25) is 0 Å². The van der Waals surface area contributed by atoms with Gasteiger partial charge < -0.3 is 9.73 Å². The van der Waals surface area contributed by atoms with E-state index in [1.54, 1.807) is 13.0 Å². The van der Waals surface area contributed by atoms with Crippen LogP contribution in [-0.2, 0) is 0 Å². The molecule has 0 radical (unpaired) electrons. The number of amides is 1. The molecule has 2 aromatic rings. The molecule has 126 valence electrons. The molecule has 3 rings (SSSR count). The summed E-state index contributed by atoms with van der Waals surface area (Å²) in [6, 6.07) is 11.5. The quantitative estimate of drug-likeness (QED) is 0.777. The average molecular weight is 325 g/mol. The molecule has 1 atom stereocenters. The van der Waals surface area contributed by atoms with Crippen molar-refractivity contribution in [1.29, 1.82) is 0 Å². The van der Waals surface area contributed by atoms with Gasteiger partial charge in [0, 0.05) is 24.9 Å². The van der Waals surface area contributed by atoms with E-state index in [0.717, 1.165) is 5.56 Å². The number of hydrogen-bond donors (Lipinski definition) is 1. The SMILES string of the molecule is CCC(=O)c1cc(C(=O)NCC2CC2)c([C@@H](C)c2ccccc2)o1. The number of carbonyl (C=O) groups is 2. The maximum absolute atomic E-state index is 12.6. The Bertz CT molecular complexity index is 729. The van der Waals surface area contributed by atoms with Gasteiger partial charge in [-0.15, -0.1) is 0 Å². The monoisotopic (exact) mass is 325 g/mol. The molecule has 0 unspecified atom stereocenters. The van der Waals surface area contributed by atoms with Gasteiger partial charge >= 0.3 is 0 Å². The van der Waals surface area contributed by atoms with Gasteiger partial charge in [-0.2, -0.15) is 0 Å². The molecule has 1 aromatic carbocycles. The van der Waals surface area contributed by atoms with Crippen molar-refractivity contribution in [3.8, 4) is 0 Å². The van der Waals surface area contributed by atoms with Crippen molar-refractivity contribution >= 4 is 11.7 Å². The molecule has 1 saturated carbocycles. The Balaban J connectivity index is 1.91. The Morgan fingerprint density at radius 1 is 1.25 bits per heavy atom. The molecule has 0 spiro atoms. The fourth-order valence-corrected chi connectivity index (χ4v) is 2.76. The van der Waals surface area contributed by atoms with Gasteiger partial charge in [-0.05, 0) is 24.3 Å². The van der Waals surface area contributed by atoms with E-state index >= 15 is 0 Å². The predicted octanol–water partition coefficient (Wildman–Crippen LogP) is 4.16. The lowest BCUT2D eigenvalue weighted by atomic mass is 9.96. The van der Waals surface area contributed by atoms with Crippen molar-refractivity contribution in [1.82, 2.24) is 5.32 Å². The van der Waals surface area contributed by atoms with E-state index in [4.69, 9.17) is 4.42 Å². The summed E-state index contributed by atoms with van der Waals surface area (Å²) >= 11 is 0. The maximum Gasteiger partial charge on any atom is 0.254 e. The molecule has 1 aliphatic rings. The Morgan fingerprint density at radius 3 is 2.58 bits per heavy atom. The molecule has 1 fully saturated rings. The van der Waals surface area contributed by atoms with E-state index in [2.05, 4.69) is 5.32 Å². The number of ketones is 1. The first-order valence-corrected chi connectivity index (χ1v) is 8.60. The largest absolute Gasteiger partial charge is 0.456 e. The first kappa shape index (κ1) is 16.5. The summed E-state index contributed by atoms with van der Waals surface area (Å²) in [5, 5.41) is 2.97. The lowest BCUT2D eigenvalue weighted by Gasteiger charge is -2.11. The van der Waals surface area contributed by atoms with E-state index in [9.17, 15) is 9.59 Å². The molecule has 4 nitrogen and oxygen atoms in total. The van der Waals surface area contributed by atoms with Crippen LogP contribution in [0, 0.1) is 5.92 Å². The summed E-state index contributed by atoms with van der Waals surface area (Å²) in [5.74, 6) is 1.10. The molecular formula is C20H23NO3. The standard InChI is InChI=1S/C20H23NO3/c1-3-17(22)18-11-16(20(23)21-12-14-9-10-14)19(24-18)13(2)15-7-5-4-6-8-15/h4-8,11,13-14H,3,9-10,12H2,1-2H3,(H,21,23)/t13-/m0/s1. The number of furan rings is 1. The average Bonchev–Trinajstić information content (AvgIpc) is 3.35. The van der Waals surface area contributed by atoms with Crippen molar-refractivity contribution in [3.05, 3.63) is 59.0 Å². The van der Waals surface area contributed by atoms with Crippen molar-refractivity contribution in [2.75, 3.05) is 6.54 Å². The van der Waals surface area contributed by atoms with Gasteiger partial charge in [-0.1, -0.05) is 44.2 Å². The molecule has 0 saturated heterocycles. The predicted molar refractivity (Wildman–Crippen MR) is 92.3 cm³/mol. The summed E-state index contributed by atoms with van der Waals surface area (Å²) in [7, 11) is 0. The van der Waals surface area contributed by atoms with Crippen LogP contribution in [-0.4, -0.2) is 18.2 Å². The van der Waals surface area contributed by atoms with Crippen molar-refractivity contribution in [2.45, 2.75) is 39.0 Å². The Labute approximate surface area is 142 Å². The minimum atomic E-state index is -0.154. The second-order valence-corrected chi connectivity index (χ2v) is 6.45. The molecule has 1 aromatic heterocycles. The van der Waals surface area contributed by atoms with E-state index in [1.807, 2.05) is 37.3 Å². The van der Waals surface area contributed by atoms with Gasteiger partial charge in [0.2, 0.25) is 0 Å². The third-order valence-corrected chi connectivity index (χ3v) is 4.54. The number of Topliss-reactive ketones (excluding diaryl/α,β-unsaturated/α-hetero) is 1. The second-order valence-electron chi connectivity index (χ2n) is 6.45. The van der Waals surface area contributed by atoms with Crippen LogP contribution in [0.5, 0.6) is 0 Å². The van der Waals surface area contributed by atoms with Gasteiger partial charge in [0.1, 0.15) is 5.76 Å². The lowest BCUT2D eigenvalue weighted by Crippen LogP contribution is -2.26. The van der Waals surface area contributed by atoms with Gasteiger partial charge in [-0.3, -0.25) is 9.59 Å². The molecule has 1 aliphatic carbocycles. The first-order chi connectivity index (χ1) is 11.6.